The molecular formula is C9H14ClFN2O2. The van der Waals surface area contributed by atoms with Gasteiger partial charge in [0.15, 0.2) is 0 Å². The van der Waals surface area contributed by atoms with Gasteiger partial charge in [-0.15, -0.1) is 0 Å². The van der Waals surface area contributed by atoms with Crippen molar-refractivity contribution in [1.82, 2.24) is 10.2 Å². The summed E-state index contributed by atoms with van der Waals surface area (Å²) in [6.07, 6.45) is 0. The molecule has 0 radical (unpaired) electrons. The third-order valence-corrected chi connectivity index (χ3v) is 2.96. The summed E-state index contributed by atoms with van der Waals surface area (Å²) in [5, 5.41) is 2.70. The van der Waals surface area contributed by atoms with Crippen LogP contribution < -0.4 is 5.32 Å². The van der Waals surface area contributed by atoms with Crippen molar-refractivity contribution in [1.29, 1.82) is 0 Å². The van der Waals surface area contributed by atoms with Crippen LogP contribution in [0.25, 0.3) is 0 Å². The summed E-state index contributed by atoms with van der Waals surface area (Å²) in [6, 6.07) is -1.14. The smallest absolute Gasteiger partial charge is 0.273 e. The second-order valence-corrected chi connectivity index (χ2v) is 4.14. The van der Waals surface area contributed by atoms with Gasteiger partial charge < -0.3 is 10.2 Å². The van der Waals surface area contributed by atoms with E-state index in [4.69, 9.17) is 11.6 Å². The monoisotopic (exact) mass is 236 g/mol. The largest absolute Gasteiger partial charge is 0.350 e. The summed E-state index contributed by atoms with van der Waals surface area (Å²) in [6.45, 7) is 5.06. The van der Waals surface area contributed by atoms with Crippen LogP contribution >= 0.6 is 11.6 Å². The lowest BCUT2D eigenvalue weighted by Crippen LogP contribution is -2.65. The van der Waals surface area contributed by atoms with Crippen molar-refractivity contribution in [3.63, 3.8) is 0 Å². The molecule has 1 saturated heterocycles. The highest BCUT2D eigenvalue weighted by atomic mass is 35.5. The SMILES string of the molecule is CC1NC(=O)C(C)N(C(=O)C(F)Cl)C1C. The molecule has 4 nitrogen and oxygen atoms in total. The summed E-state index contributed by atoms with van der Waals surface area (Å²) < 4.78 is 12.7. The predicted octanol–water partition coefficient (Wildman–Crippen LogP) is 0.645. The van der Waals surface area contributed by atoms with E-state index in [1.165, 1.54) is 4.90 Å². The van der Waals surface area contributed by atoms with E-state index in [1.807, 2.05) is 0 Å². The molecule has 15 heavy (non-hydrogen) atoms. The highest BCUT2D eigenvalue weighted by molar-refractivity contribution is 6.29. The van der Waals surface area contributed by atoms with Gasteiger partial charge in [0.05, 0.1) is 0 Å². The molecule has 0 spiro atoms. The standard InChI is InChI=1S/C9H14ClFN2O2/c1-4-5(2)13(9(15)7(10)11)6(3)8(14)12-4/h4-7H,1-3H3,(H,12,14). The first-order chi connectivity index (χ1) is 6.86. The molecular weight excluding hydrogens is 223 g/mol. The maximum absolute atomic E-state index is 12.7. The molecule has 1 aliphatic heterocycles. The summed E-state index contributed by atoms with van der Waals surface area (Å²) in [5.74, 6) is -1.13. The van der Waals surface area contributed by atoms with Crippen LogP contribution in [-0.2, 0) is 9.59 Å². The van der Waals surface area contributed by atoms with E-state index in [0.29, 0.717) is 0 Å². The van der Waals surface area contributed by atoms with Crippen LogP contribution in [0.2, 0.25) is 0 Å². The fourth-order valence-corrected chi connectivity index (χ4v) is 1.80. The van der Waals surface area contributed by atoms with Gasteiger partial charge in [-0.25, -0.2) is 4.39 Å². The molecule has 1 N–H and O–H groups in total. The zero-order valence-electron chi connectivity index (χ0n) is 8.83. The Morgan fingerprint density at radius 1 is 1.53 bits per heavy atom. The zero-order chi connectivity index (χ0) is 11.7. The molecule has 0 aromatic heterocycles. The minimum atomic E-state index is -2.09. The third kappa shape index (κ3) is 2.22. The van der Waals surface area contributed by atoms with Crippen LogP contribution in [0.3, 0.4) is 0 Å². The van der Waals surface area contributed by atoms with E-state index in [-0.39, 0.29) is 18.0 Å². The molecule has 0 bridgehead atoms. The number of alkyl halides is 2. The summed E-state index contributed by atoms with van der Waals surface area (Å²) in [5.41, 5.74) is -2.09. The van der Waals surface area contributed by atoms with Crippen molar-refractivity contribution >= 4 is 23.4 Å². The Bertz CT molecular complexity index is 285. The first kappa shape index (κ1) is 12.2. The van der Waals surface area contributed by atoms with Crippen LogP contribution in [0.4, 0.5) is 4.39 Å². The van der Waals surface area contributed by atoms with E-state index in [2.05, 4.69) is 5.32 Å². The van der Waals surface area contributed by atoms with Gasteiger partial charge in [-0.05, 0) is 20.8 Å². The fourth-order valence-electron chi connectivity index (χ4n) is 1.69. The lowest BCUT2D eigenvalue weighted by molar-refractivity contribution is -0.149. The van der Waals surface area contributed by atoms with Gasteiger partial charge >= 0.3 is 0 Å². The zero-order valence-corrected chi connectivity index (χ0v) is 9.58. The Morgan fingerprint density at radius 2 is 2.07 bits per heavy atom. The van der Waals surface area contributed by atoms with E-state index in [0.717, 1.165) is 0 Å². The normalized spacial score (nSPS) is 33.5. The summed E-state index contributed by atoms with van der Waals surface area (Å²) in [4.78, 5) is 24.1. The number of nitrogens with zero attached hydrogens (tertiary/aromatic N) is 1. The Kier molecular flexibility index (Phi) is 3.54. The molecule has 0 aromatic rings. The highest BCUT2D eigenvalue weighted by Gasteiger charge is 2.40. The minimum absolute atomic E-state index is 0.201. The van der Waals surface area contributed by atoms with Crippen molar-refractivity contribution in [2.75, 3.05) is 0 Å². The number of halogens is 2. The van der Waals surface area contributed by atoms with E-state index >= 15 is 0 Å². The number of rotatable bonds is 1. The average Bonchev–Trinajstić information content (AvgIpc) is 2.15. The lowest BCUT2D eigenvalue weighted by Gasteiger charge is -2.42. The highest BCUT2D eigenvalue weighted by Crippen LogP contribution is 2.18. The maximum Gasteiger partial charge on any atom is 0.273 e. The molecule has 6 heteroatoms. The molecule has 1 aliphatic rings. The van der Waals surface area contributed by atoms with Crippen molar-refractivity contribution < 1.29 is 14.0 Å². The van der Waals surface area contributed by atoms with Crippen LogP contribution in [0.1, 0.15) is 20.8 Å². The molecule has 0 aliphatic carbocycles. The number of nitrogens with one attached hydrogen (secondary N) is 1. The third-order valence-electron chi connectivity index (χ3n) is 2.77. The second kappa shape index (κ2) is 4.35. The van der Waals surface area contributed by atoms with Crippen molar-refractivity contribution in [3.05, 3.63) is 0 Å². The Hall–Kier alpha value is -0.840. The Morgan fingerprint density at radius 3 is 2.53 bits per heavy atom. The van der Waals surface area contributed by atoms with E-state index in [1.54, 1.807) is 20.8 Å². The van der Waals surface area contributed by atoms with Crippen LogP contribution in [-0.4, -0.2) is 40.5 Å². The quantitative estimate of drug-likeness (QED) is 0.680. The number of carbonyl (C=O) groups excluding carboxylic acids is 2. The molecule has 4 atom stereocenters. The van der Waals surface area contributed by atoms with Crippen LogP contribution in [0.15, 0.2) is 0 Å². The topological polar surface area (TPSA) is 49.4 Å². The van der Waals surface area contributed by atoms with Gasteiger partial charge in [0.25, 0.3) is 11.5 Å². The van der Waals surface area contributed by atoms with Gasteiger partial charge in [-0.2, -0.15) is 0 Å². The van der Waals surface area contributed by atoms with E-state index in [9.17, 15) is 14.0 Å². The number of hydrogen-bond acceptors (Lipinski definition) is 2. The molecule has 86 valence electrons. The lowest BCUT2D eigenvalue weighted by atomic mass is 10.0. The molecule has 0 aromatic carbocycles. The first-order valence-corrected chi connectivity index (χ1v) is 5.20. The number of carbonyl (C=O) groups is 2. The Labute approximate surface area is 92.8 Å². The molecule has 4 unspecified atom stereocenters. The summed E-state index contributed by atoms with van der Waals surface area (Å²) >= 11 is 5.10. The van der Waals surface area contributed by atoms with Crippen molar-refractivity contribution in [3.8, 4) is 0 Å². The van der Waals surface area contributed by atoms with Crippen LogP contribution in [0, 0.1) is 0 Å². The Balaban J connectivity index is 2.91. The van der Waals surface area contributed by atoms with Crippen LogP contribution in [0.5, 0.6) is 0 Å². The van der Waals surface area contributed by atoms with Gasteiger partial charge in [0.1, 0.15) is 6.04 Å². The van der Waals surface area contributed by atoms with Crippen molar-refractivity contribution in [2.24, 2.45) is 0 Å². The molecule has 1 rings (SSSR count). The molecule has 1 heterocycles. The first-order valence-electron chi connectivity index (χ1n) is 4.77. The number of hydrogen-bond donors (Lipinski definition) is 1. The number of piperazine rings is 1. The van der Waals surface area contributed by atoms with Gasteiger partial charge in [0.2, 0.25) is 5.91 Å². The number of amides is 2. The molecule has 1 fully saturated rings. The van der Waals surface area contributed by atoms with Gasteiger partial charge in [0, 0.05) is 12.1 Å². The maximum atomic E-state index is 12.7. The van der Waals surface area contributed by atoms with Gasteiger partial charge in [-0.3, -0.25) is 9.59 Å². The minimum Gasteiger partial charge on any atom is -0.350 e. The average molecular weight is 237 g/mol. The van der Waals surface area contributed by atoms with E-state index < -0.39 is 17.6 Å². The van der Waals surface area contributed by atoms with Gasteiger partial charge in [-0.1, -0.05) is 11.6 Å². The summed E-state index contributed by atoms with van der Waals surface area (Å²) in [7, 11) is 0. The predicted molar refractivity (Wildman–Crippen MR) is 54.1 cm³/mol. The molecule has 2 amide bonds. The fraction of sp³-hybridized carbons (Fsp3) is 0.778. The van der Waals surface area contributed by atoms with Crippen molar-refractivity contribution in [2.45, 2.75) is 44.5 Å². The second-order valence-electron chi connectivity index (χ2n) is 3.76. The molecule has 0 saturated carbocycles.